The standard InChI is InChI=1S/C8H12N2O2S/c1-12-8-4-3-6(9)5-7(8)10-13(2)11/h3-5,10H,9H2,1-2H3. The van der Waals surface area contributed by atoms with Crippen molar-refractivity contribution in [3.05, 3.63) is 18.2 Å². The highest BCUT2D eigenvalue weighted by atomic mass is 32.2. The van der Waals surface area contributed by atoms with Gasteiger partial charge in [0.05, 0.1) is 12.8 Å². The van der Waals surface area contributed by atoms with Crippen molar-refractivity contribution in [2.24, 2.45) is 0 Å². The smallest absolute Gasteiger partial charge is 0.143 e. The van der Waals surface area contributed by atoms with Crippen molar-refractivity contribution >= 4 is 22.4 Å². The first kappa shape index (κ1) is 9.85. The Morgan fingerprint density at radius 1 is 1.54 bits per heavy atom. The van der Waals surface area contributed by atoms with E-state index in [2.05, 4.69) is 4.72 Å². The average Bonchev–Trinajstić information content (AvgIpc) is 2.03. The van der Waals surface area contributed by atoms with E-state index >= 15 is 0 Å². The number of ether oxygens (including phenoxy) is 1. The van der Waals surface area contributed by atoms with E-state index in [0.29, 0.717) is 17.1 Å². The van der Waals surface area contributed by atoms with Gasteiger partial charge in [0, 0.05) is 11.9 Å². The van der Waals surface area contributed by atoms with Gasteiger partial charge in [-0.1, -0.05) is 0 Å². The molecule has 1 aromatic carbocycles. The van der Waals surface area contributed by atoms with Crippen molar-refractivity contribution < 1.29 is 8.95 Å². The van der Waals surface area contributed by atoms with Crippen molar-refractivity contribution in [2.45, 2.75) is 0 Å². The van der Waals surface area contributed by atoms with Crippen LogP contribution in [0, 0.1) is 0 Å². The van der Waals surface area contributed by atoms with E-state index in [1.54, 1.807) is 31.6 Å². The first-order valence-corrected chi connectivity index (χ1v) is 5.23. The highest BCUT2D eigenvalue weighted by molar-refractivity contribution is 7.85. The minimum Gasteiger partial charge on any atom is -0.495 e. The van der Waals surface area contributed by atoms with Crippen LogP contribution in [-0.2, 0) is 11.0 Å². The number of rotatable bonds is 3. The second-order valence-corrected chi connectivity index (χ2v) is 3.63. The third-order valence-corrected chi connectivity index (χ3v) is 1.98. The molecule has 0 fully saturated rings. The van der Waals surface area contributed by atoms with Crippen LogP contribution in [0.5, 0.6) is 5.75 Å². The molecule has 1 aromatic rings. The quantitative estimate of drug-likeness (QED) is 0.715. The fraction of sp³-hybridized carbons (Fsp3) is 0.250. The minimum absolute atomic E-state index is 0.605. The lowest BCUT2D eigenvalue weighted by molar-refractivity contribution is 0.417. The second-order valence-electron chi connectivity index (χ2n) is 2.52. The zero-order valence-electron chi connectivity index (χ0n) is 7.53. The summed E-state index contributed by atoms with van der Waals surface area (Å²) in [5.74, 6) is 0.629. The Labute approximate surface area is 79.7 Å². The van der Waals surface area contributed by atoms with Gasteiger partial charge in [0.1, 0.15) is 16.7 Å². The van der Waals surface area contributed by atoms with Crippen LogP contribution < -0.4 is 15.2 Å². The number of methoxy groups -OCH3 is 1. The van der Waals surface area contributed by atoms with Crippen LogP contribution in [0.15, 0.2) is 18.2 Å². The van der Waals surface area contributed by atoms with Crippen LogP contribution in [0.2, 0.25) is 0 Å². The highest BCUT2D eigenvalue weighted by Crippen LogP contribution is 2.26. The van der Waals surface area contributed by atoms with Gasteiger partial charge in [0.15, 0.2) is 0 Å². The Morgan fingerprint density at radius 2 is 2.23 bits per heavy atom. The van der Waals surface area contributed by atoms with Crippen molar-refractivity contribution in [3.8, 4) is 5.75 Å². The topological polar surface area (TPSA) is 64.3 Å². The molecule has 13 heavy (non-hydrogen) atoms. The lowest BCUT2D eigenvalue weighted by Gasteiger charge is -2.09. The number of hydrogen-bond donors (Lipinski definition) is 2. The summed E-state index contributed by atoms with van der Waals surface area (Å²) in [5.41, 5.74) is 6.81. The summed E-state index contributed by atoms with van der Waals surface area (Å²) in [6.07, 6.45) is 1.54. The molecule has 0 saturated heterocycles. The predicted molar refractivity (Wildman–Crippen MR) is 55.1 cm³/mol. The van der Waals surface area contributed by atoms with E-state index in [9.17, 15) is 4.21 Å². The van der Waals surface area contributed by atoms with Crippen molar-refractivity contribution in [1.82, 2.24) is 0 Å². The Bertz CT molecular complexity index is 328. The Kier molecular flexibility index (Phi) is 3.13. The largest absolute Gasteiger partial charge is 0.495 e. The third kappa shape index (κ3) is 2.62. The van der Waals surface area contributed by atoms with E-state index < -0.39 is 11.0 Å². The van der Waals surface area contributed by atoms with Gasteiger partial charge >= 0.3 is 0 Å². The van der Waals surface area contributed by atoms with Gasteiger partial charge in [0.2, 0.25) is 0 Å². The zero-order valence-corrected chi connectivity index (χ0v) is 8.35. The van der Waals surface area contributed by atoms with Crippen molar-refractivity contribution in [2.75, 3.05) is 23.8 Å². The molecule has 0 radical (unpaired) electrons. The molecular formula is C8H12N2O2S. The fourth-order valence-electron chi connectivity index (χ4n) is 0.960. The summed E-state index contributed by atoms with van der Waals surface area (Å²) in [7, 11) is 0.429. The molecular weight excluding hydrogens is 188 g/mol. The molecule has 0 spiro atoms. The fourth-order valence-corrected chi connectivity index (χ4v) is 1.43. The molecule has 1 unspecified atom stereocenters. The van der Waals surface area contributed by atoms with E-state index in [-0.39, 0.29) is 0 Å². The maximum absolute atomic E-state index is 10.9. The monoisotopic (exact) mass is 200 g/mol. The van der Waals surface area contributed by atoms with Crippen LogP contribution in [0.1, 0.15) is 0 Å². The molecule has 0 heterocycles. The molecule has 3 N–H and O–H groups in total. The molecule has 0 aliphatic heterocycles. The first-order chi connectivity index (χ1) is 6.13. The SMILES string of the molecule is COc1ccc(N)cc1NS(C)=O. The number of nitrogens with two attached hydrogens (primary N) is 1. The Balaban J connectivity index is 3.01. The second kappa shape index (κ2) is 4.13. The summed E-state index contributed by atoms with van der Waals surface area (Å²) in [6, 6.07) is 5.13. The van der Waals surface area contributed by atoms with Gasteiger partial charge in [-0.2, -0.15) is 0 Å². The van der Waals surface area contributed by atoms with E-state index in [0.717, 1.165) is 0 Å². The summed E-state index contributed by atoms with van der Waals surface area (Å²) in [4.78, 5) is 0. The van der Waals surface area contributed by atoms with Gasteiger partial charge < -0.3 is 15.2 Å². The summed E-state index contributed by atoms with van der Waals surface area (Å²) < 4.78 is 18.7. The molecule has 0 amide bonds. The van der Waals surface area contributed by atoms with Gasteiger partial charge in [-0.25, -0.2) is 4.21 Å². The number of nitrogens with one attached hydrogen (secondary N) is 1. The molecule has 4 nitrogen and oxygen atoms in total. The first-order valence-electron chi connectivity index (χ1n) is 3.67. The number of hydrogen-bond acceptors (Lipinski definition) is 3. The molecule has 5 heteroatoms. The van der Waals surface area contributed by atoms with Gasteiger partial charge in [-0.15, -0.1) is 0 Å². The average molecular weight is 200 g/mol. The lowest BCUT2D eigenvalue weighted by Crippen LogP contribution is -2.03. The van der Waals surface area contributed by atoms with Crippen LogP contribution in [-0.4, -0.2) is 17.6 Å². The third-order valence-electron chi connectivity index (χ3n) is 1.48. The van der Waals surface area contributed by atoms with E-state index in [1.807, 2.05) is 0 Å². The Morgan fingerprint density at radius 3 is 2.77 bits per heavy atom. The molecule has 0 bridgehead atoms. The maximum atomic E-state index is 10.9. The summed E-state index contributed by atoms with van der Waals surface area (Å²) in [6.45, 7) is 0. The minimum atomic E-state index is -1.12. The number of benzene rings is 1. The molecule has 0 aromatic heterocycles. The lowest BCUT2D eigenvalue weighted by atomic mass is 10.2. The summed E-state index contributed by atoms with van der Waals surface area (Å²) in [5, 5.41) is 0. The maximum Gasteiger partial charge on any atom is 0.143 e. The normalized spacial score (nSPS) is 12.2. The van der Waals surface area contributed by atoms with Crippen LogP contribution in [0.3, 0.4) is 0 Å². The van der Waals surface area contributed by atoms with E-state index in [4.69, 9.17) is 10.5 Å². The van der Waals surface area contributed by atoms with Gasteiger partial charge in [0.25, 0.3) is 0 Å². The predicted octanol–water partition coefficient (Wildman–Crippen LogP) is 0.983. The summed E-state index contributed by atoms with van der Waals surface area (Å²) >= 11 is 0. The molecule has 0 saturated carbocycles. The molecule has 1 atom stereocenters. The molecule has 0 aliphatic rings. The molecule has 1 rings (SSSR count). The Hall–Kier alpha value is -1.23. The van der Waals surface area contributed by atoms with Gasteiger partial charge in [-0.05, 0) is 18.2 Å². The molecule has 0 aliphatic carbocycles. The zero-order chi connectivity index (χ0) is 9.84. The number of anilines is 2. The number of nitrogen functional groups attached to an aromatic ring is 1. The van der Waals surface area contributed by atoms with Crippen LogP contribution in [0.25, 0.3) is 0 Å². The van der Waals surface area contributed by atoms with Crippen LogP contribution in [0.4, 0.5) is 11.4 Å². The van der Waals surface area contributed by atoms with E-state index in [1.165, 1.54) is 0 Å². The van der Waals surface area contributed by atoms with Crippen molar-refractivity contribution in [3.63, 3.8) is 0 Å². The van der Waals surface area contributed by atoms with Crippen molar-refractivity contribution in [1.29, 1.82) is 0 Å². The van der Waals surface area contributed by atoms with Gasteiger partial charge in [-0.3, -0.25) is 0 Å². The molecule has 72 valence electrons. The highest BCUT2D eigenvalue weighted by Gasteiger charge is 2.03. The van der Waals surface area contributed by atoms with Crippen LogP contribution >= 0.6 is 0 Å².